The average molecular weight is 501 g/mol. The third kappa shape index (κ3) is 4.94. The maximum absolute atomic E-state index is 12.5. The van der Waals surface area contributed by atoms with Gasteiger partial charge in [-0.1, -0.05) is 58.4 Å². The van der Waals surface area contributed by atoms with Crippen LogP contribution in [0.25, 0.3) is 0 Å². The molecule has 2 amide bonds. The molecule has 0 atom stereocenters. The van der Waals surface area contributed by atoms with Gasteiger partial charge in [-0.2, -0.15) is 5.10 Å². The van der Waals surface area contributed by atoms with Crippen LogP contribution in [0.4, 0.5) is 5.69 Å². The van der Waals surface area contributed by atoms with Gasteiger partial charge in [0.15, 0.2) is 0 Å². The van der Waals surface area contributed by atoms with Gasteiger partial charge >= 0.3 is 0 Å². The number of carbonyl (C=O) groups is 2. The Labute approximate surface area is 179 Å². The Morgan fingerprint density at radius 3 is 2.07 bits per heavy atom. The van der Waals surface area contributed by atoms with Crippen LogP contribution in [0, 0.1) is 0 Å². The van der Waals surface area contributed by atoms with Crippen molar-refractivity contribution in [1.82, 2.24) is 5.43 Å². The van der Waals surface area contributed by atoms with Crippen LogP contribution in [-0.4, -0.2) is 18.0 Å². The van der Waals surface area contributed by atoms with Crippen molar-refractivity contribution in [3.63, 3.8) is 0 Å². The topological polar surface area (TPSA) is 70.6 Å². The first kappa shape index (κ1) is 20.0. The summed E-state index contributed by atoms with van der Waals surface area (Å²) in [7, 11) is 0. The van der Waals surface area contributed by atoms with E-state index in [2.05, 4.69) is 47.7 Å². The Morgan fingerprint density at radius 2 is 1.36 bits per heavy atom. The van der Waals surface area contributed by atoms with Gasteiger partial charge in [0.05, 0.1) is 23.0 Å². The number of anilines is 1. The molecule has 2 N–H and O–H groups in total. The lowest BCUT2D eigenvalue weighted by molar-refractivity contribution is 0.0956. The average Bonchev–Trinajstić information content (AvgIpc) is 2.70. The number of carbonyl (C=O) groups excluding carboxylic acids is 2. The van der Waals surface area contributed by atoms with Gasteiger partial charge in [-0.15, -0.1) is 0 Å². The van der Waals surface area contributed by atoms with Crippen LogP contribution >= 0.6 is 31.9 Å². The molecule has 28 heavy (non-hydrogen) atoms. The van der Waals surface area contributed by atoms with Crippen molar-refractivity contribution >= 4 is 55.6 Å². The van der Waals surface area contributed by atoms with Crippen LogP contribution in [0.15, 0.2) is 86.8 Å². The predicted molar refractivity (Wildman–Crippen MR) is 118 cm³/mol. The zero-order valence-electron chi connectivity index (χ0n) is 14.5. The Bertz CT molecular complexity index is 1050. The molecule has 0 radical (unpaired) electrons. The molecule has 0 unspecified atom stereocenters. The van der Waals surface area contributed by atoms with Crippen molar-refractivity contribution in [3.05, 3.63) is 98.4 Å². The van der Waals surface area contributed by atoms with E-state index in [9.17, 15) is 9.59 Å². The summed E-state index contributed by atoms with van der Waals surface area (Å²) in [5.41, 5.74) is 4.51. The highest BCUT2D eigenvalue weighted by atomic mass is 79.9. The number of hydrogen-bond donors (Lipinski definition) is 2. The number of hydrogen-bond acceptors (Lipinski definition) is 3. The van der Waals surface area contributed by atoms with E-state index in [1.165, 1.54) is 0 Å². The van der Waals surface area contributed by atoms with Crippen molar-refractivity contribution in [1.29, 1.82) is 0 Å². The van der Waals surface area contributed by atoms with Crippen molar-refractivity contribution in [2.45, 2.75) is 0 Å². The molecule has 0 spiro atoms. The summed E-state index contributed by atoms with van der Waals surface area (Å²) in [6.45, 7) is 0. The minimum absolute atomic E-state index is 0.312. The van der Waals surface area contributed by atoms with Crippen molar-refractivity contribution in [3.8, 4) is 0 Å². The molecule has 0 aliphatic carbocycles. The van der Waals surface area contributed by atoms with Crippen LogP contribution in [0.2, 0.25) is 0 Å². The predicted octanol–water partition coefficient (Wildman–Crippen LogP) is 5.23. The Hall–Kier alpha value is -2.77. The normalized spacial score (nSPS) is 10.6. The summed E-state index contributed by atoms with van der Waals surface area (Å²) in [6, 6.07) is 21.4. The number of nitrogens with one attached hydrogen (secondary N) is 2. The van der Waals surface area contributed by atoms with E-state index in [1.807, 2.05) is 30.3 Å². The number of rotatable bonds is 5. The van der Waals surface area contributed by atoms with Crippen molar-refractivity contribution in [2.75, 3.05) is 5.32 Å². The lowest BCUT2D eigenvalue weighted by Crippen LogP contribution is -2.21. The SMILES string of the molecule is O=C(Nc1ccccc1C(=O)N/N=C/c1ccccc1Br)c1ccccc1Br. The molecule has 0 aliphatic rings. The number of nitrogens with zero attached hydrogens (tertiary/aromatic N) is 1. The summed E-state index contributed by atoms with van der Waals surface area (Å²) in [6.07, 6.45) is 1.55. The minimum Gasteiger partial charge on any atom is -0.321 e. The lowest BCUT2D eigenvalue weighted by atomic mass is 10.1. The molecule has 0 saturated heterocycles. The molecule has 5 nitrogen and oxygen atoms in total. The standard InChI is InChI=1S/C21H15Br2N3O2/c22-17-10-4-1-7-14(17)13-24-26-21(28)16-9-3-6-12-19(16)25-20(27)15-8-2-5-11-18(15)23/h1-13H,(H,25,27)(H,26,28)/b24-13+. The molecule has 3 aromatic carbocycles. The van der Waals surface area contributed by atoms with Gasteiger partial charge in [0, 0.05) is 14.5 Å². The second-order valence-electron chi connectivity index (χ2n) is 5.70. The first-order valence-corrected chi connectivity index (χ1v) is 9.87. The number of para-hydroxylation sites is 1. The molecule has 3 aromatic rings. The van der Waals surface area contributed by atoms with Crippen molar-refractivity contribution in [2.24, 2.45) is 5.10 Å². The molecular formula is C21H15Br2N3O2. The highest BCUT2D eigenvalue weighted by Gasteiger charge is 2.15. The lowest BCUT2D eigenvalue weighted by Gasteiger charge is -2.10. The molecule has 140 valence electrons. The van der Waals surface area contributed by atoms with Gasteiger partial charge in [-0.3, -0.25) is 9.59 Å². The van der Waals surface area contributed by atoms with Crippen LogP contribution in [-0.2, 0) is 0 Å². The second-order valence-corrected chi connectivity index (χ2v) is 7.41. The number of benzene rings is 3. The second kappa shape index (κ2) is 9.43. The summed E-state index contributed by atoms with van der Waals surface area (Å²) in [4.78, 5) is 25.1. The highest BCUT2D eigenvalue weighted by molar-refractivity contribution is 9.10. The third-order valence-electron chi connectivity index (χ3n) is 3.81. The van der Waals surface area contributed by atoms with Crippen LogP contribution < -0.4 is 10.7 Å². The summed E-state index contributed by atoms with van der Waals surface area (Å²) in [5.74, 6) is -0.740. The van der Waals surface area contributed by atoms with Gasteiger partial charge in [0.1, 0.15) is 0 Å². The summed E-state index contributed by atoms with van der Waals surface area (Å²) < 4.78 is 1.54. The first-order chi connectivity index (χ1) is 13.6. The number of hydrazone groups is 1. The minimum atomic E-state index is -0.425. The Balaban J connectivity index is 1.74. The highest BCUT2D eigenvalue weighted by Crippen LogP contribution is 2.20. The van der Waals surface area contributed by atoms with E-state index in [1.54, 1.807) is 48.7 Å². The van der Waals surface area contributed by atoms with Crippen LogP contribution in [0.1, 0.15) is 26.3 Å². The molecule has 0 heterocycles. The molecule has 0 saturated carbocycles. The number of amides is 2. The maximum atomic E-state index is 12.5. The first-order valence-electron chi connectivity index (χ1n) is 8.29. The zero-order chi connectivity index (χ0) is 19.9. The smallest absolute Gasteiger partial charge is 0.273 e. The van der Waals surface area contributed by atoms with E-state index < -0.39 is 5.91 Å². The summed E-state index contributed by atoms with van der Waals surface area (Å²) >= 11 is 6.78. The van der Waals surface area contributed by atoms with Gasteiger partial charge in [0.2, 0.25) is 0 Å². The fourth-order valence-electron chi connectivity index (χ4n) is 2.43. The van der Waals surface area contributed by atoms with Gasteiger partial charge < -0.3 is 5.32 Å². The summed E-state index contributed by atoms with van der Waals surface area (Å²) in [5, 5.41) is 6.77. The van der Waals surface area contributed by atoms with E-state index in [-0.39, 0.29) is 5.91 Å². The molecule has 0 fully saturated rings. The van der Waals surface area contributed by atoms with Gasteiger partial charge in [-0.05, 0) is 46.3 Å². The van der Waals surface area contributed by atoms with E-state index in [0.29, 0.717) is 21.3 Å². The van der Waals surface area contributed by atoms with Crippen LogP contribution in [0.5, 0.6) is 0 Å². The van der Waals surface area contributed by atoms with Gasteiger partial charge in [-0.25, -0.2) is 5.43 Å². The molecular weight excluding hydrogens is 486 g/mol. The van der Waals surface area contributed by atoms with E-state index in [0.717, 1.165) is 10.0 Å². The van der Waals surface area contributed by atoms with E-state index in [4.69, 9.17) is 0 Å². The Morgan fingerprint density at radius 1 is 0.750 bits per heavy atom. The van der Waals surface area contributed by atoms with Crippen LogP contribution in [0.3, 0.4) is 0 Å². The monoisotopic (exact) mass is 499 g/mol. The fourth-order valence-corrected chi connectivity index (χ4v) is 3.28. The van der Waals surface area contributed by atoms with Crippen molar-refractivity contribution < 1.29 is 9.59 Å². The third-order valence-corrected chi connectivity index (χ3v) is 5.23. The molecule has 0 aliphatic heterocycles. The maximum Gasteiger partial charge on any atom is 0.273 e. The number of halogens is 2. The Kier molecular flexibility index (Phi) is 6.73. The molecule has 0 aromatic heterocycles. The molecule has 7 heteroatoms. The quantitative estimate of drug-likeness (QED) is 0.372. The fraction of sp³-hybridized carbons (Fsp3) is 0. The molecule has 3 rings (SSSR count). The van der Waals surface area contributed by atoms with Gasteiger partial charge in [0.25, 0.3) is 11.8 Å². The zero-order valence-corrected chi connectivity index (χ0v) is 17.7. The molecule has 0 bridgehead atoms. The van der Waals surface area contributed by atoms with E-state index >= 15 is 0 Å². The largest absolute Gasteiger partial charge is 0.321 e.